The van der Waals surface area contributed by atoms with Gasteiger partial charge in [0.25, 0.3) is 0 Å². The van der Waals surface area contributed by atoms with Crippen LogP contribution in [0.1, 0.15) is 49.4 Å². The van der Waals surface area contributed by atoms with Crippen molar-refractivity contribution in [3.8, 4) is 0 Å². The Morgan fingerprint density at radius 2 is 1.77 bits per heavy atom. The number of piperidine rings is 1. The average Bonchev–Trinajstić information content (AvgIpc) is 3.39. The molecule has 2 aliphatic rings. The molecule has 6 N–H and O–H groups in total. The molecule has 3 aromatic rings. The number of nitrogens with two attached hydrogens (primary N) is 1. The number of hydrogen-bond acceptors (Lipinski definition) is 6. The summed E-state index contributed by atoms with van der Waals surface area (Å²) in [6, 6.07) is 13.9. The number of ketones is 1. The smallest absolute Gasteiger partial charge is 0.240 e. The maximum absolute atomic E-state index is 14.8. The summed E-state index contributed by atoms with van der Waals surface area (Å²) in [6.07, 6.45) is 4.59. The van der Waals surface area contributed by atoms with Crippen LogP contribution in [0.5, 0.6) is 0 Å². The predicted molar refractivity (Wildman–Crippen MR) is 152 cm³/mol. The first-order valence-corrected chi connectivity index (χ1v) is 15.3. The molecule has 2 aromatic carbocycles. The number of aromatic amines is 1. The van der Waals surface area contributed by atoms with Gasteiger partial charge in [0, 0.05) is 28.9 Å². The summed E-state index contributed by atoms with van der Waals surface area (Å²) in [5.74, 6) is -1.34. The molecule has 1 fully saturated rings. The molecule has 0 saturated carbocycles. The normalized spacial score (nSPS) is 21.5. The summed E-state index contributed by atoms with van der Waals surface area (Å²) in [4.78, 5) is 31.2. The van der Waals surface area contributed by atoms with Gasteiger partial charge < -0.3 is 21.4 Å². The minimum atomic E-state index is -3.65. The van der Waals surface area contributed by atoms with E-state index in [1.165, 1.54) is 0 Å². The molecule has 1 aliphatic heterocycles. The highest BCUT2D eigenvalue weighted by molar-refractivity contribution is 7.88. The number of aromatic nitrogens is 1. The molecule has 0 radical (unpaired) electrons. The summed E-state index contributed by atoms with van der Waals surface area (Å²) in [5, 5.41) is 7.30. The predicted octanol–water partition coefficient (Wildman–Crippen LogP) is 2.04. The lowest BCUT2D eigenvalue weighted by molar-refractivity contribution is -0.134. The van der Waals surface area contributed by atoms with E-state index in [1.54, 1.807) is 13.8 Å². The van der Waals surface area contributed by atoms with Crippen LogP contribution in [0.25, 0.3) is 10.9 Å². The lowest BCUT2D eigenvalue weighted by atomic mass is 9.65. The second kappa shape index (κ2) is 10.2. The highest BCUT2D eigenvalue weighted by Gasteiger charge is 2.57. The average molecular weight is 552 g/mol. The first-order chi connectivity index (χ1) is 18.4. The lowest BCUT2D eigenvalue weighted by Gasteiger charge is -2.42. The quantitative estimate of drug-likeness (QED) is 0.290. The van der Waals surface area contributed by atoms with Gasteiger partial charge in [0.15, 0.2) is 5.78 Å². The van der Waals surface area contributed by atoms with Crippen LogP contribution in [0.2, 0.25) is 0 Å². The molecule has 2 heterocycles. The number of para-hydroxylation sites is 1. The highest BCUT2D eigenvalue weighted by Crippen LogP contribution is 2.55. The van der Waals surface area contributed by atoms with Crippen LogP contribution in [0.3, 0.4) is 0 Å². The summed E-state index contributed by atoms with van der Waals surface area (Å²) in [5.41, 5.74) is 8.01. The van der Waals surface area contributed by atoms with Crippen LogP contribution in [0.4, 0.5) is 0 Å². The van der Waals surface area contributed by atoms with E-state index in [9.17, 15) is 18.0 Å². The fraction of sp³-hybridized carbons (Fsp3) is 0.448. The molecule has 9 nitrogen and oxygen atoms in total. The third kappa shape index (κ3) is 5.26. The van der Waals surface area contributed by atoms with Gasteiger partial charge in [0.1, 0.15) is 0 Å². The molecule has 1 amide bonds. The lowest BCUT2D eigenvalue weighted by Crippen LogP contribution is -2.58. The first kappa shape index (κ1) is 27.5. The number of rotatable bonds is 8. The number of hydrogen-bond donors (Lipinski definition) is 5. The van der Waals surface area contributed by atoms with Crippen LogP contribution in [0.15, 0.2) is 54.7 Å². The zero-order valence-corrected chi connectivity index (χ0v) is 23.4. The van der Waals surface area contributed by atoms with Gasteiger partial charge in [-0.2, -0.15) is 0 Å². The van der Waals surface area contributed by atoms with E-state index in [1.807, 2.05) is 54.7 Å². The number of sulfonamides is 1. The van der Waals surface area contributed by atoms with E-state index in [0.29, 0.717) is 25.9 Å². The van der Waals surface area contributed by atoms with Crippen molar-refractivity contribution in [2.24, 2.45) is 11.7 Å². The molecule has 1 saturated heterocycles. The maximum atomic E-state index is 14.8. The molecule has 2 unspecified atom stereocenters. The fourth-order valence-electron chi connectivity index (χ4n) is 6.44. The van der Waals surface area contributed by atoms with Crippen LogP contribution in [0, 0.1) is 5.92 Å². The Kier molecular flexibility index (Phi) is 7.17. The number of nitrogens with one attached hydrogen (secondary N) is 4. The second-order valence-corrected chi connectivity index (χ2v) is 13.3. The third-order valence-corrected chi connectivity index (χ3v) is 8.92. The zero-order chi connectivity index (χ0) is 28.0. The number of amides is 1. The molecule has 3 atom stereocenters. The number of benzene rings is 2. The summed E-state index contributed by atoms with van der Waals surface area (Å²) in [6.45, 7) is 4.62. The molecule has 1 aromatic heterocycles. The monoisotopic (exact) mass is 551 g/mol. The molecule has 5 rings (SSSR count). The van der Waals surface area contributed by atoms with Crippen molar-refractivity contribution in [2.75, 3.05) is 19.3 Å². The van der Waals surface area contributed by atoms with E-state index in [4.69, 9.17) is 5.73 Å². The summed E-state index contributed by atoms with van der Waals surface area (Å²) >= 11 is 0. The molecule has 1 aliphatic carbocycles. The Balaban J connectivity index is 1.62. The van der Waals surface area contributed by atoms with Crippen molar-refractivity contribution >= 4 is 32.6 Å². The molecular formula is C29H37N5O4S. The topological polar surface area (TPSA) is 146 Å². The molecule has 10 heteroatoms. The van der Waals surface area contributed by atoms with Crippen molar-refractivity contribution in [1.29, 1.82) is 0 Å². The fourth-order valence-corrected chi connectivity index (χ4v) is 7.17. The molecule has 0 bridgehead atoms. The van der Waals surface area contributed by atoms with E-state index < -0.39 is 44.9 Å². The number of fused-ring (bicyclic) bond motifs is 3. The van der Waals surface area contributed by atoms with Crippen molar-refractivity contribution < 1.29 is 18.0 Å². The Hall–Kier alpha value is -3.05. The van der Waals surface area contributed by atoms with Gasteiger partial charge >= 0.3 is 0 Å². The van der Waals surface area contributed by atoms with Crippen molar-refractivity contribution in [3.05, 3.63) is 71.4 Å². The number of Topliss-reactive ketones (excluding diaryl/α,β-unsaturated/α-hetero) is 1. The standard InChI is InChI=1S/C29H37N5O4S/c1-28(2,30)27(36)33-23(16-18-17-32-22-11-7-5-8-19(18)22)26(35)24-25(34-39(3,37)38)20-9-4-6-10-21(20)29(24)12-14-31-15-13-29/h4-11,17,23-25,31-32,34H,12-16,30H2,1-3H3,(H,33,36)/t23-,24?,25?/m1/s1. The van der Waals surface area contributed by atoms with Crippen molar-refractivity contribution in [3.63, 3.8) is 0 Å². The first-order valence-electron chi connectivity index (χ1n) is 13.4. The Labute approximate surface area is 229 Å². The van der Waals surface area contributed by atoms with E-state index >= 15 is 0 Å². The van der Waals surface area contributed by atoms with Crippen molar-refractivity contribution in [1.82, 2.24) is 20.3 Å². The Bertz CT molecular complexity index is 1500. The number of carbonyl (C=O) groups is 2. The molecule has 1 spiro atoms. The highest BCUT2D eigenvalue weighted by atomic mass is 32.2. The number of carbonyl (C=O) groups excluding carboxylic acids is 2. The SMILES string of the molecule is CC(C)(N)C(=O)N[C@H](Cc1c[nH]c2ccccc12)C(=O)C1C(NS(C)(=O)=O)c2ccccc2C12CCNCC2. The van der Waals surface area contributed by atoms with Crippen LogP contribution >= 0.6 is 0 Å². The Morgan fingerprint density at radius 3 is 2.46 bits per heavy atom. The summed E-state index contributed by atoms with van der Waals surface area (Å²) < 4.78 is 28.0. The Morgan fingerprint density at radius 1 is 1.10 bits per heavy atom. The maximum Gasteiger partial charge on any atom is 0.240 e. The van der Waals surface area contributed by atoms with E-state index in [-0.39, 0.29) is 12.2 Å². The summed E-state index contributed by atoms with van der Waals surface area (Å²) in [7, 11) is -3.65. The van der Waals surface area contributed by atoms with Gasteiger partial charge in [-0.15, -0.1) is 0 Å². The van der Waals surface area contributed by atoms with Gasteiger partial charge in [-0.3, -0.25) is 9.59 Å². The van der Waals surface area contributed by atoms with Gasteiger partial charge in [-0.25, -0.2) is 13.1 Å². The van der Waals surface area contributed by atoms with Crippen LogP contribution in [-0.2, 0) is 31.4 Å². The second-order valence-electron chi connectivity index (χ2n) is 11.6. The van der Waals surface area contributed by atoms with Gasteiger partial charge in [-0.05, 0) is 62.5 Å². The third-order valence-electron chi connectivity index (χ3n) is 8.24. The minimum Gasteiger partial charge on any atom is -0.361 e. The van der Waals surface area contributed by atoms with Crippen LogP contribution < -0.4 is 21.1 Å². The largest absolute Gasteiger partial charge is 0.361 e. The number of H-pyrrole nitrogens is 1. The molecular weight excluding hydrogens is 514 g/mol. The molecule has 208 valence electrons. The van der Waals surface area contributed by atoms with Gasteiger partial charge in [0.2, 0.25) is 15.9 Å². The zero-order valence-electron chi connectivity index (χ0n) is 22.6. The van der Waals surface area contributed by atoms with E-state index in [0.717, 1.165) is 33.8 Å². The van der Waals surface area contributed by atoms with Crippen molar-refractivity contribution in [2.45, 2.75) is 56.1 Å². The van der Waals surface area contributed by atoms with Gasteiger partial charge in [0.05, 0.1) is 29.8 Å². The van der Waals surface area contributed by atoms with Gasteiger partial charge in [-0.1, -0.05) is 42.5 Å². The van der Waals surface area contributed by atoms with Crippen LogP contribution in [-0.4, -0.2) is 56.0 Å². The molecule has 39 heavy (non-hydrogen) atoms. The minimum absolute atomic E-state index is 0.197. The van der Waals surface area contributed by atoms with E-state index in [2.05, 4.69) is 20.3 Å².